The van der Waals surface area contributed by atoms with E-state index in [4.69, 9.17) is 4.74 Å². The second-order valence-corrected chi connectivity index (χ2v) is 7.17. The van der Waals surface area contributed by atoms with Crippen molar-refractivity contribution >= 4 is 11.7 Å². The summed E-state index contributed by atoms with van der Waals surface area (Å²) in [5, 5.41) is 5.61. The Morgan fingerprint density at radius 3 is 3.00 bits per heavy atom. The number of carbonyl (C=O) groups excluding carboxylic acids is 1. The molecule has 0 spiro atoms. The van der Waals surface area contributed by atoms with Crippen molar-refractivity contribution in [1.29, 1.82) is 0 Å². The van der Waals surface area contributed by atoms with Crippen molar-refractivity contribution in [2.75, 3.05) is 32.1 Å². The Bertz CT molecular complexity index is 584. The molecule has 3 atom stereocenters. The van der Waals surface area contributed by atoms with E-state index in [0.29, 0.717) is 30.3 Å². The number of nitrogens with one attached hydrogen (secondary N) is 2. The molecule has 1 aliphatic heterocycles. The normalized spacial score (nSPS) is 27.2. The van der Waals surface area contributed by atoms with Gasteiger partial charge in [0.15, 0.2) is 0 Å². The van der Waals surface area contributed by atoms with Crippen molar-refractivity contribution in [2.45, 2.75) is 44.2 Å². The average molecular weight is 349 g/mol. The molecule has 2 N–H and O–H groups in total. The molecule has 25 heavy (non-hydrogen) atoms. The maximum Gasteiger partial charge on any atom is 0.319 e. The third-order valence-corrected chi connectivity index (χ3v) is 5.39. The standard InChI is InChI=1S/C19H28FN3O2/c1-25-18-8-7-17(11-18)23-9-3-4-14(13-23)12-21-19(24)22-16-6-2-5-15(20)10-16/h2,5-6,10,14,17-18H,3-4,7-9,11-13H2,1H3,(H2,21,22,24)/t14-,17+,18+/m0/s1. The minimum Gasteiger partial charge on any atom is -0.381 e. The van der Waals surface area contributed by atoms with Crippen LogP contribution in [0.5, 0.6) is 0 Å². The molecule has 138 valence electrons. The average Bonchev–Trinajstić information content (AvgIpc) is 3.09. The van der Waals surface area contributed by atoms with E-state index >= 15 is 0 Å². The molecule has 0 bridgehead atoms. The molecule has 1 saturated carbocycles. The predicted molar refractivity (Wildman–Crippen MR) is 96.2 cm³/mol. The number of hydrogen-bond donors (Lipinski definition) is 2. The molecule has 6 heteroatoms. The van der Waals surface area contributed by atoms with Gasteiger partial charge < -0.3 is 15.4 Å². The molecule has 1 aromatic rings. The molecular formula is C19H28FN3O2. The highest BCUT2D eigenvalue weighted by Gasteiger charge is 2.32. The fourth-order valence-electron chi connectivity index (χ4n) is 4.04. The van der Waals surface area contributed by atoms with Crippen LogP contribution in [-0.2, 0) is 4.74 Å². The first kappa shape index (κ1) is 18.1. The molecule has 5 nitrogen and oxygen atoms in total. The fourth-order valence-corrected chi connectivity index (χ4v) is 4.04. The summed E-state index contributed by atoms with van der Waals surface area (Å²) in [6, 6.07) is 6.28. The zero-order valence-corrected chi connectivity index (χ0v) is 14.8. The Morgan fingerprint density at radius 1 is 1.36 bits per heavy atom. The highest BCUT2D eigenvalue weighted by molar-refractivity contribution is 5.89. The molecule has 1 heterocycles. The number of nitrogens with zero attached hydrogens (tertiary/aromatic N) is 1. The Hall–Kier alpha value is -1.66. The molecule has 2 aliphatic rings. The van der Waals surface area contributed by atoms with Crippen LogP contribution in [-0.4, -0.2) is 49.8 Å². The van der Waals surface area contributed by atoms with Gasteiger partial charge in [-0.2, -0.15) is 0 Å². The number of halogens is 1. The van der Waals surface area contributed by atoms with Gasteiger partial charge in [-0.05, 0) is 62.8 Å². The van der Waals surface area contributed by atoms with E-state index < -0.39 is 0 Å². The van der Waals surface area contributed by atoms with Gasteiger partial charge in [-0.15, -0.1) is 0 Å². The van der Waals surface area contributed by atoms with Crippen LogP contribution in [0.1, 0.15) is 32.1 Å². The van der Waals surface area contributed by atoms with E-state index in [2.05, 4.69) is 15.5 Å². The summed E-state index contributed by atoms with van der Waals surface area (Å²) in [5.74, 6) is 0.111. The Balaban J connectivity index is 1.42. The minimum atomic E-state index is -0.355. The van der Waals surface area contributed by atoms with Gasteiger partial charge in [-0.1, -0.05) is 6.07 Å². The maximum absolute atomic E-state index is 13.2. The van der Waals surface area contributed by atoms with E-state index in [9.17, 15) is 9.18 Å². The summed E-state index contributed by atoms with van der Waals surface area (Å²) >= 11 is 0. The van der Waals surface area contributed by atoms with Gasteiger partial charge in [0.25, 0.3) is 0 Å². The summed E-state index contributed by atoms with van der Waals surface area (Å²) in [6.45, 7) is 2.83. The number of rotatable bonds is 5. The van der Waals surface area contributed by atoms with Gasteiger partial charge in [-0.25, -0.2) is 9.18 Å². The van der Waals surface area contributed by atoms with E-state index in [-0.39, 0.29) is 11.8 Å². The van der Waals surface area contributed by atoms with Crippen LogP contribution in [0.25, 0.3) is 0 Å². The summed E-state index contributed by atoms with van der Waals surface area (Å²) in [7, 11) is 1.80. The highest BCUT2D eigenvalue weighted by Crippen LogP contribution is 2.29. The van der Waals surface area contributed by atoms with Crippen molar-refractivity contribution in [2.24, 2.45) is 5.92 Å². The predicted octanol–water partition coefficient (Wildman–Crippen LogP) is 3.23. The zero-order valence-electron chi connectivity index (χ0n) is 14.8. The Morgan fingerprint density at radius 2 is 2.24 bits per heavy atom. The molecule has 1 aliphatic carbocycles. The Labute approximate surface area is 148 Å². The van der Waals surface area contributed by atoms with Crippen molar-refractivity contribution < 1.29 is 13.9 Å². The number of amides is 2. The number of methoxy groups -OCH3 is 1. The minimum absolute atomic E-state index is 0.275. The van der Waals surface area contributed by atoms with Crippen molar-refractivity contribution in [3.63, 3.8) is 0 Å². The smallest absolute Gasteiger partial charge is 0.319 e. The molecule has 0 radical (unpaired) electrons. The first-order chi connectivity index (χ1) is 12.1. The van der Waals surface area contributed by atoms with Crippen LogP contribution in [0.2, 0.25) is 0 Å². The molecule has 0 aromatic heterocycles. The molecule has 1 saturated heterocycles. The number of carbonyl (C=O) groups is 1. The van der Waals surface area contributed by atoms with Crippen LogP contribution < -0.4 is 10.6 Å². The molecule has 1 aromatic carbocycles. The lowest BCUT2D eigenvalue weighted by atomic mass is 9.96. The number of anilines is 1. The summed E-state index contributed by atoms with van der Waals surface area (Å²) in [6.07, 6.45) is 6.19. The van der Waals surface area contributed by atoms with E-state index in [0.717, 1.165) is 32.4 Å². The first-order valence-corrected chi connectivity index (χ1v) is 9.21. The number of piperidine rings is 1. The lowest BCUT2D eigenvalue weighted by Gasteiger charge is -2.37. The number of hydrogen-bond acceptors (Lipinski definition) is 3. The second-order valence-electron chi connectivity index (χ2n) is 7.17. The van der Waals surface area contributed by atoms with Gasteiger partial charge in [0.05, 0.1) is 6.10 Å². The van der Waals surface area contributed by atoms with Gasteiger partial charge in [0.1, 0.15) is 5.82 Å². The molecule has 2 fully saturated rings. The van der Waals surface area contributed by atoms with Gasteiger partial charge in [0, 0.05) is 31.9 Å². The molecule has 3 rings (SSSR count). The van der Waals surface area contributed by atoms with Crippen LogP contribution >= 0.6 is 0 Å². The quantitative estimate of drug-likeness (QED) is 0.858. The van der Waals surface area contributed by atoms with Crippen LogP contribution in [0.15, 0.2) is 24.3 Å². The highest BCUT2D eigenvalue weighted by atomic mass is 19.1. The van der Waals surface area contributed by atoms with Crippen molar-refractivity contribution in [3.05, 3.63) is 30.1 Å². The maximum atomic E-state index is 13.2. The van der Waals surface area contributed by atoms with Crippen LogP contribution in [0, 0.1) is 11.7 Å². The van der Waals surface area contributed by atoms with Crippen molar-refractivity contribution in [3.8, 4) is 0 Å². The Kier molecular flexibility index (Phi) is 6.26. The van der Waals surface area contributed by atoms with Crippen molar-refractivity contribution in [1.82, 2.24) is 10.2 Å². The first-order valence-electron chi connectivity index (χ1n) is 9.21. The van der Waals surface area contributed by atoms with E-state index in [1.807, 2.05) is 0 Å². The number of urea groups is 1. The SMILES string of the molecule is CO[C@@H]1CC[C@@H](N2CCC[C@@H](CNC(=O)Nc3cccc(F)c3)C2)C1. The lowest BCUT2D eigenvalue weighted by molar-refractivity contribution is 0.0840. The van der Waals surface area contributed by atoms with Crippen LogP contribution in [0.4, 0.5) is 14.9 Å². The van der Waals surface area contributed by atoms with E-state index in [1.54, 1.807) is 19.2 Å². The van der Waals surface area contributed by atoms with Crippen LogP contribution in [0.3, 0.4) is 0 Å². The van der Waals surface area contributed by atoms with E-state index in [1.165, 1.54) is 25.0 Å². The summed E-state index contributed by atoms with van der Waals surface area (Å²) in [4.78, 5) is 14.6. The molecule has 2 amide bonds. The van der Waals surface area contributed by atoms with Gasteiger partial charge >= 0.3 is 6.03 Å². The number of benzene rings is 1. The third kappa shape index (κ3) is 5.16. The monoisotopic (exact) mass is 349 g/mol. The fraction of sp³-hybridized carbons (Fsp3) is 0.632. The topological polar surface area (TPSA) is 53.6 Å². The lowest BCUT2D eigenvalue weighted by Crippen LogP contribution is -2.45. The largest absolute Gasteiger partial charge is 0.381 e. The van der Waals surface area contributed by atoms with Gasteiger partial charge in [-0.3, -0.25) is 4.90 Å². The van der Waals surface area contributed by atoms with Gasteiger partial charge in [0.2, 0.25) is 0 Å². The summed E-state index contributed by atoms with van der Waals surface area (Å²) in [5.41, 5.74) is 0.472. The second kappa shape index (κ2) is 8.63. The summed E-state index contributed by atoms with van der Waals surface area (Å²) < 4.78 is 18.6. The third-order valence-electron chi connectivity index (χ3n) is 5.39. The zero-order chi connectivity index (χ0) is 17.6. The number of likely N-dealkylation sites (tertiary alicyclic amines) is 1. The number of ether oxygens (including phenoxy) is 1. The molecular weight excluding hydrogens is 321 g/mol. The molecule has 0 unspecified atom stereocenters.